The van der Waals surface area contributed by atoms with Crippen LogP contribution in [-0.4, -0.2) is 15.3 Å². The number of carbonyl (C=O) groups is 1. The number of amides is 1. The maximum Gasteiger partial charge on any atom is 0.295 e. The number of nitrogens with zero attached hydrogens (tertiary/aromatic N) is 2. The number of aryl methyl sites for hydroxylation is 1. The second-order valence-corrected chi connectivity index (χ2v) is 7.61. The van der Waals surface area contributed by atoms with E-state index in [1.54, 1.807) is 9.36 Å². The minimum absolute atomic E-state index is 0.191. The summed E-state index contributed by atoms with van der Waals surface area (Å²) >= 11 is 0. The van der Waals surface area contributed by atoms with Crippen LogP contribution in [0.3, 0.4) is 0 Å². The fraction of sp³-hybridized carbons (Fsp3) is 0.364. The first-order chi connectivity index (χ1) is 13.5. The Morgan fingerprint density at radius 3 is 2.61 bits per heavy atom. The van der Waals surface area contributed by atoms with Gasteiger partial charge >= 0.3 is 0 Å². The number of furan rings is 1. The van der Waals surface area contributed by atoms with Crippen molar-refractivity contribution < 1.29 is 9.21 Å². The number of nitrogens with one attached hydrogen (secondary N) is 1. The normalized spacial score (nSPS) is 18.2. The molecule has 1 fully saturated rings. The van der Waals surface area contributed by atoms with Gasteiger partial charge in [-0.3, -0.25) is 14.3 Å². The molecule has 1 aromatic carbocycles. The zero-order valence-corrected chi connectivity index (χ0v) is 16.4. The van der Waals surface area contributed by atoms with E-state index >= 15 is 0 Å². The maximum absolute atomic E-state index is 12.8. The molecule has 1 aliphatic rings. The van der Waals surface area contributed by atoms with Crippen LogP contribution < -0.4 is 10.9 Å². The molecule has 1 aliphatic carbocycles. The summed E-state index contributed by atoms with van der Waals surface area (Å²) in [7, 11) is 1.81. The van der Waals surface area contributed by atoms with Crippen LogP contribution in [0, 0.1) is 12.8 Å². The first-order valence-corrected chi connectivity index (χ1v) is 9.68. The summed E-state index contributed by atoms with van der Waals surface area (Å²) in [4.78, 5) is 25.3. The Morgan fingerprint density at radius 2 is 1.93 bits per heavy atom. The summed E-state index contributed by atoms with van der Waals surface area (Å²) in [6, 6.07) is 13.3. The molecule has 0 spiro atoms. The standard InChI is InChI=1S/C22H25N3O3/c1-14-13-18(14)19-11-9-17(28-19)10-12-20(26)23-21-15(2)24(3)25(22(21)27)16-7-5-4-6-8-16/h4-9,11,14,18H,10,12-13H2,1-3H3,(H,23,26)/t14-,18-/m1/s1. The number of carbonyl (C=O) groups excluding carboxylic acids is 1. The average Bonchev–Trinajstić information content (AvgIpc) is 3.16. The summed E-state index contributed by atoms with van der Waals surface area (Å²) in [6.07, 6.45) is 1.96. The van der Waals surface area contributed by atoms with Crippen molar-refractivity contribution in [1.29, 1.82) is 0 Å². The van der Waals surface area contributed by atoms with Crippen LogP contribution >= 0.6 is 0 Å². The maximum atomic E-state index is 12.8. The van der Waals surface area contributed by atoms with E-state index in [2.05, 4.69) is 12.2 Å². The number of hydrogen-bond acceptors (Lipinski definition) is 3. The molecule has 2 aromatic heterocycles. The lowest BCUT2D eigenvalue weighted by atomic mass is 10.2. The summed E-state index contributed by atoms with van der Waals surface area (Å²) in [6.45, 7) is 4.04. The Morgan fingerprint density at radius 1 is 1.21 bits per heavy atom. The predicted octanol–water partition coefficient (Wildman–Crippen LogP) is 3.77. The monoisotopic (exact) mass is 379 g/mol. The van der Waals surface area contributed by atoms with E-state index in [1.807, 2.05) is 56.4 Å². The highest BCUT2D eigenvalue weighted by Crippen LogP contribution is 2.47. The van der Waals surface area contributed by atoms with Crippen molar-refractivity contribution in [1.82, 2.24) is 9.36 Å². The van der Waals surface area contributed by atoms with Crippen molar-refractivity contribution in [3.05, 3.63) is 70.0 Å². The largest absolute Gasteiger partial charge is 0.466 e. The van der Waals surface area contributed by atoms with Gasteiger partial charge in [-0.15, -0.1) is 0 Å². The Labute approximate surface area is 163 Å². The molecule has 0 saturated heterocycles. The molecule has 1 saturated carbocycles. The number of anilines is 1. The van der Waals surface area contributed by atoms with E-state index in [0.717, 1.165) is 17.2 Å². The molecule has 1 N–H and O–H groups in total. The SMILES string of the molecule is Cc1c(NC(=O)CCc2ccc([C@@H]3C[C@H]3C)o2)c(=O)n(-c2ccccc2)n1C. The van der Waals surface area contributed by atoms with Crippen molar-refractivity contribution in [3.63, 3.8) is 0 Å². The molecule has 0 radical (unpaired) electrons. The number of para-hydroxylation sites is 1. The molecule has 0 unspecified atom stereocenters. The molecule has 2 heterocycles. The molecular weight excluding hydrogens is 354 g/mol. The third kappa shape index (κ3) is 3.42. The number of hydrogen-bond donors (Lipinski definition) is 1. The van der Waals surface area contributed by atoms with Crippen LogP contribution in [0.5, 0.6) is 0 Å². The number of aromatic nitrogens is 2. The molecule has 1 amide bonds. The second-order valence-electron chi connectivity index (χ2n) is 7.61. The van der Waals surface area contributed by atoms with Gasteiger partial charge in [-0.05, 0) is 43.5 Å². The lowest BCUT2D eigenvalue weighted by Crippen LogP contribution is -2.23. The smallest absolute Gasteiger partial charge is 0.295 e. The van der Waals surface area contributed by atoms with Crippen molar-refractivity contribution in [2.45, 2.75) is 39.0 Å². The van der Waals surface area contributed by atoms with Crippen LogP contribution in [0.2, 0.25) is 0 Å². The van der Waals surface area contributed by atoms with Crippen molar-refractivity contribution in [2.75, 3.05) is 5.32 Å². The van der Waals surface area contributed by atoms with Gasteiger partial charge in [-0.2, -0.15) is 0 Å². The van der Waals surface area contributed by atoms with Crippen LogP contribution in [0.25, 0.3) is 5.69 Å². The Kier molecular flexibility index (Phi) is 4.71. The topological polar surface area (TPSA) is 69.2 Å². The van der Waals surface area contributed by atoms with Crippen LogP contribution in [0.4, 0.5) is 5.69 Å². The highest BCUT2D eigenvalue weighted by molar-refractivity contribution is 5.91. The zero-order valence-electron chi connectivity index (χ0n) is 16.4. The van der Waals surface area contributed by atoms with Crippen molar-refractivity contribution >= 4 is 11.6 Å². The molecule has 6 heteroatoms. The lowest BCUT2D eigenvalue weighted by molar-refractivity contribution is -0.116. The van der Waals surface area contributed by atoms with E-state index in [4.69, 9.17) is 4.42 Å². The molecule has 2 atom stereocenters. The third-order valence-corrected chi connectivity index (χ3v) is 5.57. The molecule has 146 valence electrons. The molecule has 4 rings (SSSR count). The molecule has 0 bridgehead atoms. The fourth-order valence-corrected chi connectivity index (χ4v) is 3.60. The van der Waals surface area contributed by atoms with E-state index in [0.29, 0.717) is 29.6 Å². The van der Waals surface area contributed by atoms with E-state index in [-0.39, 0.29) is 17.9 Å². The van der Waals surface area contributed by atoms with Gasteiger partial charge in [0.2, 0.25) is 5.91 Å². The number of rotatable bonds is 6. The highest BCUT2D eigenvalue weighted by atomic mass is 16.3. The summed E-state index contributed by atoms with van der Waals surface area (Å²) in [5, 5.41) is 2.79. The van der Waals surface area contributed by atoms with Gasteiger partial charge in [0.1, 0.15) is 17.2 Å². The van der Waals surface area contributed by atoms with Crippen molar-refractivity contribution in [3.8, 4) is 5.69 Å². The van der Waals surface area contributed by atoms with Gasteiger partial charge in [0.05, 0.1) is 11.4 Å². The van der Waals surface area contributed by atoms with Crippen LogP contribution in [0.1, 0.15) is 42.9 Å². The highest BCUT2D eigenvalue weighted by Gasteiger charge is 2.36. The van der Waals surface area contributed by atoms with Gasteiger partial charge in [-0.25, -0.2) is 4.68 Å². The lowest BCUT2D eigenvalue weighted by Gasteiger charge is -2.07. The van der Waals surface area contributed by atoms with Crippen LogP contribution in [-0.2, 0) is 18.3 Å². The first-order valence-electron chi connectivity index (χ1n) is 9.68. The first kappa shape index (κ1) is 18.3. The Hall–Kier alpha value is -3.02. The van der Waals surface area contributed by atoms with Gasteiger partial charge < -0.3 is 9.73 Å². The van der Waals surface area contributed by atoms with Crippen LogP contribution in [0.15, 0.2) is 51.7 Å². The second kappa shape index (κ2) is 7.19. The molecule has 0 aliphatic heterocycles. The Bertz CT molecular complexity index is 1060. The van der Waals surface area contributed by atoms with E-state index in [9.17, 15) is 9.59 Å². The molecule has 28 heavy (non-hydrogen) atoms. The zero-order chi connectivity index (χ0) is 19.8. The van der Waals surface area contributed by atoms with E-state index in [1.165, 1.54) is 6.42 Å². The summed E-state index contributed by atoms with van der Waals surface area (Å²) < 4.78 is 9.17. The summed E-state index contributed by atoms with van der Waals surface area (Å²) in [5.74, 6) is 2.87. The van der Waals surface area contributed by atoms with Crippen molar-refractivity contribution in [2.24, 2.45) is 13.0 Å². The van der Waals surface area contributed by atoms with Gasteiger partial charge in [0.25, 0.3) is 5.56 Å². The quantitative estimate of drug-likeness (QED) is 0.709. The van der Waals surface area contributed by atoms with E-state index < -0.39 is 0 Å². The minimum atomic E-state index is -0.234. The van der Waals surface area contributed by atoms with Gasteiger partial charge in [-0.1, -0.05) is 25.1 Å². The molecular formula is C22H25N3O3. The minimum Gasteiger partial charge on any atom is -0.466 e. The molecule has 6 nitrogen and oxygen atoms in total. The average molecular weight is 379 g/mol. The Balaban J connectivity index is 1.45. The van der Waals surface area contributed by atoms with Gasteiger partial charge in [0, 0.05) is 25.8 Å². The third-order valence-electron chi connectivity index (χ3n) is 5.57. The van der Waals surface area contributed by atoms with Gasteiger partial charge in [0.15, 0.2) is 0 Å². The predicted molar refractivity (Wildman–Crippen MR) is 108 cm³/mol. The fourth-order valence-electron chi connectivity index (χ4n) is 3.60. The molecule has 3 aromatic rings. The number of benzene rings is 1. The summed E-state index contributed by atoms with van der Waals surface area (Å²) in [5.41, 5.74) is 1.56.